The Labute approximate surface area is 154 Å². The third kappa shape index (κ3) is 4.73. The maximum absolute atomic E-state index is 12.3. The zero-order valence-electron chi connectivity index (χ0n) is 14.5. The summed E-state index contributed by atoms with van der Waals surface area (Å²) in [6.07, 6.45) is 4.56. The quantitative estimate of drug-likeness (QED) is 0.757. The van der Waals surface area contributed by atoms with Gasteiger partial charge in [-0.1, -0.05) is 29.8 Å². The fourth-order valence-corrected chi connectivity index (χ4v) is 4.05. The van der Waals surface area contributed by atoms with Crippen LogP contribution in [0.3, 0.4) is 0 Å². The Hall–Kier alpha value is -1.59. The third-order valence-electron chi connectivity index (χ3n) is 5.07. The summed E-state index contributed by atoms with van der Waals surface area (Å²) in [6.45, 7) is 3.54. The Kier molecular flexibility index (Phi) is 6.32. The fourth-order valence-electron chi connectivity index (χ4n) is 3.79. The van der Waals surface area contributed by atoms with Crippen LogP contribution in [0.4, 0.5) is 0 Å². The highest BCUT2D eigenvalue weighted by Crippen LogP contribution is 2.35. The Balaban J connectivity index is 1.42. The van der Waals surface area contributed by atoms with Gasteiger partial charge in [0.15, 0.2) is 0 Å². The van der Waals surface area contributed by atoms with Crippen molar-refractivity contribution in [2.24, 2.45) is 0 Å². The van der Waals surface area contributed by atoms with E-state index in [0.29, 0.717) is 19.5 Å². The number of amides is 2. The molecule has 0 saturated carbocycles. The van der Waals surface area contributed by atoms with Crippen LogP contribution in [0.1, 0.15) is 43.7 Å². The van der Waals surface area contributed by atoms with Gasteiger partial charge in [-0.3, -0.25) is 14.5 Å². The average molecular weight is 364 g/mol. The summed E-state index contributed by atoms with van der Waals surface area (Å²) in [4.78, 5) is 27.9. The number of benzene rings is 1. The number of nitrogens with one attached hydrogen (secondary N) is 1. The van der Waals surface area contributed by atoms with E-state index < -0.39 is 0 Å². The molecule has 2 aliphatic heterocycles. The van der Waals surface area contributed by atoms with Gasteiger partial charge in [0.1, 0.15) is 0 Å². The van der Waals surface area contributed by atoms with Crippen LogP contribution in [0.15, 0.2) is 24.3 Å². The lowest BCUT2D eigenvalue weighted by Crippen LogP contribution is -2.38. The van der Waals surface area contributed by atoms with E-state index in [2.05, 4.69) is 16.3 Å². The van der Waals surface area contributed by atoms with Gasteiger partial charge in [-0.05, 0) is 43.9 Å². The summed E-state index contributed by atoms with van der Waals surface area (Å²) in [6, 6.07) is 8.12. The predicted molar refractivity (Wildman–Crippen MR) is 98.4 cm³/mol. The van der Waals surface area contributed by atoms with Crippen LogP contribution >= 0.6 is 11.6 Å². The van der Waals surface area contributed by atoms with Crippen molar-refractivity contribution in [3.8, 4) is 0 Å². The predicted octanol–water partition coefficient (Wildman–Crippen LogP) is 2.61. The summed E-state index contributed by atoms with van der Waals surface area (Å²) in [5.74, 6) is 0.290. The second-order valence-electron chi connectivity index (χ2n) is 6.84. The van der Waals surface area contributed by atoms with E-state index in [1.165, 1.54) is 0 Å². The summed E-state index contributed by atoms with van der Waals surface area (Å²) in [7, 11) is 0. The molecule has 1 aromatic rings. The lowest BCUT2D eigenvalue weighted by atomic mass is 10.0. The molecule has 0 bridgehead atoms. The molecule has 2 amide bonds. The molecule has 2 aliphatic rings. The highest BCUT2D eigenvalue weighted by molar-refractivity contribution is 6.31. The van der Waals surface area contributed by atoms with E-state index in [9.17, 15) is 9.59 Å². The highest BCUT2D eigenvalue weighted by Gasteiger charge is 2.28. The van der Waals surface area contributed by atoms with Gasteiger partial charge in [-0.25, -0.2) is 0 Å². The zero-order chi connectivity index (χ0) is 17.6. The molecule has 2 heterocycles. The molecule has 2 saturated heterocycles. The van der Waals surface area contributed by atoms with Crippen LogP contribution in [-0.2, 0) is 9.59 Å². The van der Waals surface area contributed by atoms with Crippen LogP contribution < -0.4 is 5.32 Å². The smallest absolute Gasteiger partial charge is 0.234 e. The average Bonchev–Trinajstić information content (AvgIpc) is 3.21. The molecule has 0 radical (unpaired) electrons. The van der Waals surface area contributed by atoms with Gasteiger partial charge in [0.25, 0.3) is 0 Å². The van der Waals surface area contributed by atoms with Crippen LogP contribution in [0.5, 0.6) is 0 Å². The van der Waals surface area contributed by atoms with Crippen molar-refractivity contribution in [3.63, 3.8) is 0 Å². The van der Waals surface area contributed by atoms with Crippen molar-refractivity contribution in [2.75, 3.05) is 32.7 Å². The molecule has 0 aromatic heterocycles. The number of carbonyl (C=O) groups is 2. The molecule has 3 rings (SSSR count). The van der Waals surface area contributed by atoms with Gasteiger partial charge in [0.05, 0.1) is 6.54 Å². The zero-order valence-corrected chi connectivity index (χ0v) is 15.3. The first-order valence-corrected chi connectivity index (χ1v) is 9.56. The van der Waals surface area contributed by atoms with Gasteiger partial charge in [0.2, 0.25) is 11.8 Å². The van der Waals surface area contributed by atoms with E-state index in [1.807, 2.05) is 23.1 Å². The summed E-state index contributed by atoms with van der Waals surface area (Å²) >= 11 is 6.32. The van der Waals surface area contributed by atoms with Crippen molar-refractivity contribution in [3.05, 3.63) is 34.9 Å². The minimum absolute atomic E-state index is 0.0479. The third-order valence-corrected chi connectivity index (χ3v) is 5.42. The van der Waals surface area contributed by atoms with Crippen LogP contribution in [0.2, 0.25) is 5.02 Å². The minimum Gasteiger partial charge on any atom is -0.355 e. The Morgan fingerprint density at radius 1 is 1.24 bits per heavy atom. The summed E-state index contributed by atoms with van der Waals surface area (Å²) in [5.41, 5.74) is 1.11. The lowest BCUT2D eigenvalue weighted by Gasteiger charge is -2.25. The molecular weight excluding hydrogens is 338 g/mol. The second-order valence-corrected chi connectivity index (χ2v) is 7.25. The standard InChI is InChI=1S/C19H26ClN3O2/c20-16-7-2-1-6-15(16)17-8-3-12-23(17)14-18(24)21-10-5-13-22-11-4-9-19(22)25/h1-2,6-7,17H,3-5,8-14H2,(H,21,24). The van der Waals surface area contributed by atoms with E-state index in [0.717, 1.165) is 55.9 Å². The SMILES string of the molecule is O=C(CN1CCCC1c1ccccc1Cl)NCCCN1CCCC1=O. The molecule has 6 heteroatoms. The van der Waals surface area contributed by atoms with Gasteiger partial charge >= 0.3 is 0 Å². The molecule has 0 spiro atoms. The molecule has 5 nitrogen and oxygen atoms in total. The van der Waals surface area contributed by atoms with E-state index in [1.54, 1.807) is 0 Å². The highest BCUT2D eigenvalue weighted by atomic mass is 35.5. The fraction of sp³-hybridized carbons (Fsp3) is 0.579. The monoisotopic (exact) mass is 363 g/mol. The maximum Gasteiger partial charge on any atom is 0.234 e. The maximum atomic E-state index is 12.3. The number of rotatable bonds is 7. The summed E-state index contributed by atoms with van der Waals surface area (Å²) in [5, 5.41) is 3.76. The van der Waals surface area contributed by atoms with Gasteiger partial charge < -0.3 is 10.2 Å². The number of nitrogens with zero attached hydrogens (tertiary/aromatic N) is 2. The molecule has 1 N–H and O–H groups in total. The topological polar surface area (TPSA) is 52.7 Å². The van der Waals surface area contributed by atoms with Crippen molar-refractivity contribution in [1.82, 2.24) is 15.1 Å². The molecular formula is C19H26ClN3O2. The number of carbonyl (C=O) groups excluding carboxylic acids is 2. The first kappa shape index (κ1) is 18.2. The van der Waals surface area contributed by atoms with E-state index in [4.69, 9.17) is 11.6 Å². The number of likely N-dealkylation sites (tertiary alicyclic amines) is 2. The minimum atomic E-state index is 0.0479. The van der Waals surface area contributed by atoms with Crippen molar-refractivity contribution < 1.29 is 9.59 Å². The molecule has 0 aliphatic carbocycles. The van der Waals surface area contributed by atoms with E-state index in [-0.39, 0.29) is 17.9 Å². The van der Waals surface area contributed by atoms with E-state index >= 15 is 0 Å². The molecule has 136 valence electrons. The Morgan fingerprint density at radius 3 is 2.84 bits per heavy atom. The number of hydrogen-bond donors (Lipinski definition) is 1. The number of halogens is 1. The molecule has 1 unspecified atom stereocenters. The second kappa shape index (κ2) is 8.68. The largest absolute Gasteiger partial charge is 0.355 e. The summed E-state index contributed by atoms with van der Waals surface area (Å²) < 4.78 is 0. The molecule has 1 atom stereocenters. The van der Waals surface area contributed by atoms with Crippen LogP contribution in [0.25, 0.3) is 0 Å². The first-order valence-electron chi connectivity index (χ1n) is 9.18. The van der Waals surface area contributed by atoms with Crippen LogP contribution in [-0.4, -0.2) is 54.3 Å². The van der Waals surface area contributed by atoms with Gasteiger partial charge in [-0.15, -0.1) is 0 Å². The normalized spacial score (nSPS) is 21.1. The van der Waals surface area contributed by atoms with Crippen molar-refractivity contribution in [2.45, 2.75) is 38.1 Å². The Bertz CT molecular complexity index is 622. The molecule has 1 aromatic carbocycles. The van der Waals surface area contributed by atoms with Crippen molar-refractivity contribution >= 4 is 23.4 Å². The molecule has 25 heavy (non-hydrogen) atoms. The molecule has 2 fully saturated rings. The first-order chi connectivity index (χ1) is 12.1. The Morgan fingerprint density at radius 2 is 2.08 bits per heavy atom. The van der Waals surface area contributed by atoms with Gasteiger partial charge in [-0.2, -0.15) is 0 Å². The van der Waals surface area contributed by atoms with Gasteiger partial charge in [0, 0.05) is 37.1 Å². The van der Waals surface area contributed by atoms with Crippen LogP contribution in [0, 0.1) is 0 Å². The van der Waals surface area contributed by atoms with Crippen molar-refractivity contribution in [1.29, 1.82) is 0 Å². The number of hydrogen-bond acceptors (Lipinski definition) is 3. The lowest BCUT2D eigenvalue weighted by molar-refractivity contribution is -0.127.